The SMILES string of the molecule is Cc1c(-c2ccccc2)nc(-c2cnn(C)c2C)[nH]c1=O. The highest BCUT2D eigenvalue weighted by atomic mass is 16.1. The van der Waals surface area contributed by atoms with Crippen LogP contribution in [0.1, 0.15) is 11.3 Å². The van der Waals surface area contributed by atoms with Crippen LogP contribution < -0.4 is 5.56 Å². The number of hydrogen-bond donors (Lipinski definition) is 1. The van der Waals surface area contributed by atoms with Crippen LogP contribution >= 0.6 is 0 Å². The predicted molar refractivity (Wildman–Crippen MR) is 82.0 cm³/mol. The number of nitrogens with zero attached hydrogens (tertiary/aromatic N) is 3. The molecule has 1 aromatic carbocycles. The van der Waals surface area contributed by atoms with Gasteiger partial charge in [0.1, 0.15) is 5.82 Å². The molecule has 3 rings (SSSR count). The highest BCUT2D eigenvalue weighted by Crippen LogP contribution is 2.23. The molecule has 0 atom stereocenters. The standard InChI is InChI=1S/C16H16N4O/c1-10-14(12-7-5-4-6-8-12)18-15(19-16(10)21)13-9-17-20(3)11(13)2/h4-9H,1-3H3,(H,18,19,21). The Morgan fingerprint density at radius 3 is 2.48 bits per heavy atom. The molecule has 0 spiro atoms. The minimum Gasteiger partial charge on any atom is -0.306 e. The number of aromatic amines is 1. The average Bonchev–Trinajstić information content (AvgIpc) is 2.83. The monoisotopic (exact) mass is 280 g/mol. The van der Waals surface area contributed by atoms with Crippen molar-refractivity contribution < 1.29 is 0 Å². The maximum absolute atomic E-state index is 12.2. The Labute approximate surface area is 122 Å². The van der Waals surface area contributed by atoms with Crippen molar-refractivity contribution in [1.82, 2.24) is 19.7 Å². The lowest BCUT2D eigenvalue weighted by Gasteiger charge is -2.07. The first-order valence-electron chi connectivity index (χ1n) is 6.73. The summed E-state index contributed by atoms with van der Waals surface area (Å²) in [5.74, 6) is 0.551. The smallest absolute Gasteiger partial charge is 0.254 e. The molecule has 0 saturated heterocycles. The summed E-state index contributed by atoms with van der Waals surface area (Å²) in [5, 5.41) is 4.20. The number of aryl methyl sites for hydroxylation is 1. The third kappa shape index (κ3) is 2.27. The van der Waals surface area contributed by atoms with Crippen LogP contribution in [0.15, 0.2) is 41.3 Å². The lowest BCUT2D eigenvalue weighted by Crippen LogP contribution is -2.14. The molecular weight excluding hydrogens is 264 g/mol. The summed E-state index contributed by atoms with van der Waals surface area (Å²) in [5.41, 5.74) is 3.93. The summed E-state index contributed by atoms with van der Waals surface area (Å²) in [7, 11) is 1.86. The lowest BCUT2D eigenvalue weighted by molar-refractivity contribution is 0.740. The number of H-pyrrole nitrogens is 1. The molecule has 0 aliphatic carbocycles. The van der Waals surface area contributed by atoms with Gasteiger partial charge in [0.05, 0.1) is 17.5 Å². The van der Waals surface area contributed by atoms with Gasteiger partial charge >= 0.3 is 0 Å². The average molecular weight is 280 g/mol. The summed E-state index contributed by atoms with van der Waals surface area (Å²) in [6.07, 6.45) is 1.72. The fourth-order valence-electron chi connectivity index (χ4n) is 2.27. The molecule has 3 aromatic rings. The third-order valence-electron chi connectivity index (χ3n) is 3.69. The van der Waals surface area contributed by atoms with Crippen LogP contribution in [0.4, 0.5) is 0 Å². The number of hydrogen-bond acceptors (Lipinski definition) is 3. The zero-order chi connectivity index (χ0) is 15.0. The molecule has 0 amide bonds. The van der Waals surface area contributed by atoms with Gasteiger partial charge in [0.15, 0.2) is 0 Å². The minimum absolute atomic E-state index is 0.123. The molecule has 0 bridgehead atoms. The molecule has 106 valence electrons. The van der Waals surface area contributed by atoms with E-state index in [4.69, 9.17) is 0 Å². The molecule has 0 aliphatic heterocycles. The Hall–Kier alpha value is -2.69. The van der Waals surface area contributed by atoms with E-state index in [0.29, 0.717) is 17.1 Å². The third-order valence-corrected chi connectivity index (χ3v) is 3.69. The first-order valence-corrected chi connectivity index (χ1v) is 6.73. The van der Waals surface area contributed by atoms with Gasteiger partial charge in [-0.25, -0.2) is 4.98 Å². The van der Waals surface area contributed by atoms with Gasteiger partial charge in [-0.2, -0.15) is 5.10 Å². The Morgan fingerprint density at radius 1 is 1.14 bits per heavy atom. The summed E-state index contributed by atoms with van der Waals surface area (Å²) in [4.78, 5) is 19.7. The molecule has 2 aromatic heterocycles. The van der Waals surface area contributed by atoms with Crippen molar-refractivity contribution in [1.29, 1.82) is 0 Å². The fourth-order valence-corrected chi connectivity index (χ4v) is 2.27. The molecule has 0 radical (unpaired) electrons. The van der Waals surface area contributed by atoms with Gasteiger partial charge in [-0.05, 0) is 13.8 Å². The van der Waals surface area contributed by atoms with E-state index in [9.17, 15) is 4.79 Å². The molecule has 21 heavy (non-hydrogen) atoms. The predicted octanol–water partition coefficient (Wildman–Crippen LogP) is 2.45. The van der Waals surface area contributed by atoms with E-state index < -0.39 is 0 Å². The lowest BCUT2D eigenvalue weighted by atomic mass is 10.1. The molecule has 0 aliphatic rings. The van der Waals surface area contributed by atoms with Gasteiger partial charge in [-0.1, -0.05) is 30.3 Å². The topological polar surface area (TPSA) is 63.6 Å². The van der Waals surface area contributed by atoms with Crippen molar-refractivity contribution in [2.75, 3.05) is 0 Å². The highest BCUT2D eigenvalue weighted by molar-refractivity contribution is 5.66. The second-order valence-electron chi connectivity index (χ2n) is 5.02. The molecule has 5 heteroatoms. The van der Waals surface area contributed by atoms with E-state index in [2.05, 4.69) is 15.1 Å². The van der Waals surface area contributed by atoms with Gasteiger partial charge in [0.2, 0.25) is 0 Å². The van der Waals surface area contributed by atoms with Crippen LogP contribution in [0, 0.1) is 13.8 Å². The number of aromatic nitrogens is 4. The van der Waals surface area contributed by atoms with Crippen molar-refractivity contribution >= 4 is 0 Å². The normalized spacial score (nSPS) is 10.8. The maximum Gasteiger partial charge on any atom is 0.254 e. The van der Waals surface area contributed by atoms with Crippen molar-refractivity contribution in [2.24, 2.45) is 7.05 Å². The maximum atomic E-state index is 12.2. The molecular formula is C16H16N4O. The van der Waals surface area contributed by atoms with Crippen molar-refractivity contribution in [2.45, 2.75) is 13.8 Å². The molecule has 5 nitrogen and oxygen atoms in total. The van der Waals surface area contributed by atoms with E-state index in [1.807, 2.05) is 44.3 Å². The van der Waals surface area contributed by atoms with E-state index in [1.54, 1.807) is 17.8 Å². The van der Waals surface area contributed by atoms with Crippen LogP contribution in [0.5, 0.6) is 0 Å². The number of nitrogens with one attached hydrogen (secondary N) is 1. The van der Waals surface area contributed by atoms with Crippen LogP contribution in [0.25, 0.3) is 22.6 Å². The van der Waals surface area contributed by atoms with Crippen molar-refractivity contribution in [3.05, 3.63) is 58.1 Å². The Kier molecular flexibility index (Phi) is 3.17. The first kappa shape index (κ1) is 13.3. The number of benzene rings is 1. The van der Waals surface area contributed by atoms with Crippen LogP contribution in [-0.2, 0) is 7.05 Å². The molecule has 1 N–H and O–H groups in total. The Balaban J connectivity index is 2.24. The fraction of sp³-hybridized carbons (Fsp3) is 0.188. The second-order valence-corrected chi connectivity index (χ2v) is 5.02. The van der Waals surface area contributed by atoms with Crippen LogP contribution in [0.3, 0.4) is 0 Å². The quantitative estimate of drug-likeness (QED) is 0.784. The van der Waals surface area contributed by atoms with Gasteiger partial charge in [0, 0.05) is 23.9 Å². The first-order chi connectivity index (χ1) is 10.1. The molecule has 0 fully saturated rings. The van der Waals surface area contributed by atoms with Gasteiger partial charge in [-0.3, -0.25) is 9.48 Å². The molecule has 0 unspecified atom stereocenters. The van der Waals surface area contributed by atoms with E-state index in [0.717, 1.165) is 16.8 Å². The summed E-state index contributed by atoms with van der Waals surface area (Å²) >= 11 is 0. The molecule has 2 heterocycles. The van der Waals surface area contributed by atoms with Crippen molar-refractivity contribution in [3.63, 3.8) is 0 Å². The van der Waals surface area contributed by atoms with Gasteiger partial charge < -0.3 is 4.98 Å². The Bertz CT molecular complexity index is 846. The van der Waals surface area contributed by atoms with E-state index >= 15 is 0 Å². The number of rotatable bonds is 2. The summed E-state index contributed by atoms with van der Waals surface area (Å²) < 4.78 is 1.76. The van der Waals surface area contributed by atoms with Gasteiger partial charge in [-0.15, -0.1) is 0 Å². The minimum atomic E-state index is -0.123. The summed E-state index contributed by atoms with van der Waals surface area (Å²) in [6, 6.07) is 9.72. The largest absolute Gasteiger partial charge is 0.306 e. The van der Waals surface area contributed by atoms with E-state index in [-0.39, 0.29) is 5.56 Å². The second kappa shape index (κ2) is 5.01. The van der Waals surface area contributed by atoms with Gasteiger partial charge in [0.25, 0.3) is 5.56 Å². The van der Waals surface area contributed by atoms with Crippen LogP contribution in [-0.4, -0.2) is 19.7 Å². The summed E-state index contributed by atoms with van der Waals surface area (Å²) in [6.45, 7) is 3.73. The zero-order valence-corrected chi connectivity index (χ0v) is 12.2. The highest BCUT2D eigenvalue weighted by Gasteiger charge is 2.14. The Morgan fingerprint density at radius 2 is 1.86 bits per heavy atom. The zero-order valence-electron chi connectivity index (χ0n) is 12.2. The van der Waals surface area contributed by atoms with Crippen LogP contribution in [0.2, 0.25) is 0 Å². The van der Waals surface area contributed by atoms with Crippen molar-refractivity contribution in [3.8, 4) is 22.6 Å². The molecule has 0 saturated carbocycles. The van der Waals surface area contributed by atoms with E-state index in [1.165, 1.54) is 0 Å².